The van der Waals surface area contributed by atoms with E-state index >= 15 is 0 Å². The van der Waals surface area contributed by atoms with Gasteiger partial charge >= 0.3 is 0 Å². The van der Waals surface area contributed by atoms with Gasteiger partial charge in [-0.3, -0.25) is 4.79 Å². The summed E-state index contributed by atoms with van der Waals surface area (Å²) in [6.07, 6.45) is 2.66. The lowest BCUT2D eigenvalue weighted by atomic mass is 10.1. The summed E-state index contributed by atoms with van der Waals surface area (Å²) in [4.78, 5) is 15.4. The maximum Gasteiger partial charge on any atom is 0.251 e. The molecule has 3 aromatic rings. The number of amides is 1. The van der Waals surface area contributed by atoms with Crippen LogP contribution < -0.4 is 10.1 Å². The number of halogens is 2. The van der Waals surface area contributed by atoms with Gasteiger partial charge in [-0.1, -0.05) is 23.2 Å². The molecule has 1 amide bonds. The van der Waals surface area contributed by atoms with Crippen molar-refractivity contribution in [2.75, 3.05) is 13.7 Å². The molecule has 0 saturated heterocycles. The molecule has 0 aliphatic rings. The summed E-state index contributed by atoms with van der Waals surface area (Å²) >= 11 is 11.8. The van der Waals surface area contributed by atoms with Gasteiger partial charge in [0, 0.05) is 29.2 Å². The summed E-state index contributed by atoms with van der Waals surface area (Å²) in [5.74, 6) is 0.634. The van der Waals surface area contributed by atoms with E-state index in [1.54, 1.807) is 25.3 Å². The van der Waals surface area contributed by atoms with Gasteiger partial charge < -0.3 is 15.0 Å². The standard InChI is InChI=1S/C18H16Cl2N2O2/c1-24-13-3-5-17-14(9-13)12(10-22-17)6-7-21-18(23)11-2-4-15(19)16(20)8-11/h2-5,8-10,22H,6-7H2,1H3,(H,21,23). The molecule has 4 nitrogen and oxygen atoms in total. The second kappa shape index (κ2) is 7.16. The Balaban J connectivity index is 1.65. The largest absolute Gasteiger partial charge is 0.497 e. The highest BCUT2D eigenvalue weighted by atomic mass is 35.5. The molecule has 1 heterocycles. The van der Waals surface area contributed by atoms with E-state index in [2.05, 4.69) is 10.3 Å². The Bertz CT molecular complexity index is 890. The number of fused-ring (bicyclic) bond motifs is 1. The van der Waals surface area contributed by atoms with E-state index in [4.69, 9.17) is 27.9 Å². The summed E-state index contributed by atoms with van der Waals surface area (Å²) < 4.78 is 5.26. The van der Waals surface area contributed by atoms with Crippen LogP contribution in [0.3, 0.4) is 0 Å². The minimum Gasteiger partial charge on any atom is -0.497 e. The molecule has 0 radical (unpaired) electrons. The fourth-order valence-corrected chi connectivity index (χ4v) is 2.84. The summed E-state index contributed by atoms with van der Waals surface area (Å²) in [7, 11) is 1.64. The minimum absolute atomic E-state index is 0.175. The van der Waals surface area contributed by atoms with E-state index in [9.17, 15) is 4.79 Å². The van der Waals surface area contributed by atoms with E-state index in [0.717, 1.165) is 22.2 Å². The molecular formula is C18H16Cl2N2O2. The highest BCUT2D eigenvalue weighted by molar-refractivity contribution is 6.42. The number of hydrogen-bond acceptors (Lipinski definition) is 2. The Labute approximate surface area is 149 Å². The number of aromatic nitrogens is 1. The molecule has 0 aliphatic heterocycles. The van der Waals surface area contributed by atoms with E-state index in [0.29, 0.717) is 28.6 Å². The van der Waals surface area contributed by atoms with Crippen molar-refractivity contribution in [3.05, 3.63) is 63.8 Å². The molecule has 2 aromatic carbocycles. The normalized spacial score (nSPS) is 10.8. The second-order valence-electron chi connectivity index (χ2n) is 5.36. The third kappa shape index (κ3) is 3.50. The predicted octanol–water partition coefficient (Wildman–Crippen LogP) is 4.46. The number of methoxy groups -OCH3 is 1. The molecule has 1 aromatic heterocycles. The smallest absolute Gasteiger partial charge is 0.251 e. The van der Waals surface area contributed by atoms with Crippen LogP contribution in [0, 0.1) is 0 Å². The Morgan fingerprint density at radius 2 is 2.00 bits per heavy atom. The highest BCUT2D eigenvalue weighted by Gasteiger charge is 2.09. The topological polar surface area (TPSA) is 54.1 Å². The lowest BCUT2D eigenvalue weighted by Crippen LogP contribution is -2.25. The molecule has 0 saturated carbocycles. The molecule has 0 unspecified atom stereocenters. The van der Waals surface area contributed by atoms with Gasteiger partial charge in [0.25, 0.3) is 5.91 Å². The second-order valence-corrected chi connectivity index (χ2v) is 6.17. The van der Waals surface area contributed by atoms with Gasteiger partial charge in [0.2, 0.25) is 0 Å². The van der Waals surface area contributed by atoms with Crippen LogP contribution in [0.2, 0.25) is 10.0 Å². The lowest BCUT2D eigenvalue weighted by molar-refractivity contribution is 0.0954. The number of nitrogens with one attached hydrogen (secondary N) is 2. The van der Waals surface area contributed by atoms with E-state index < -0.39 is 0 Å². The van der Waals surface area contributed by atoms with Crippen molar-refractivity contribution < 1.29 is 9.53 Å². The monoisotopic (exact) mass is 362 g/mol. The quantitative estimate of drug-likeness (QED) is 0.703. The Morgan fingerprint density at radius 1 is 1.17 bits per heavy atom. The predicted molar refractivity (Wildman–Crippen MR) is 97.3 cm³/mol. The number of rotatable bonds is 5. The first-order valence-corrected chi connectivity index (χ1v) is 8.21. The summed E-state index contributed by atoms with van der Waals surface area (Å²) in [5, 5.41) is 4.79. The van der Waals surface area contributed by atoms with Crippen LogP contribution in [-0.4, -0.2) is 24.5 Å². The first kappa shape index (κ1) is 16.7. The Morgan fingerprint density at radius 3 is 2.75 bits per heavy atom. The van der Waals surface area contributed by atoms with Gasteiger partial charge in [-0.25, -0.2) is 0 Å². The zero-order chi connectivity index (χ0) is 17.1. The van der Waals surface area contributed by atoms with Crippen LogP contribution >= 0.6 is 23.2 Å². The molecule has 3 rings (SSSR count). The molecule has 24 heavy (non-hydrogen) atoms. The number of benzene rings is 2. The highest BCUT2D eigenvalue weighted by Crippen LogP contribution is 2.24. The van der Waals surface area contributed by atoms with E-state index in [1.807, 2.05) is 24.4 Å². The molecule has 124 valence electrons. The van der Waals surface area contributed by atoms with Crippen LogP contribution in [0.5, 0.6) is 5.75 Å². The van der Waals surface area contributed by atoms with Gasteiger partial charge in [-0.05, 0) is 48.4 Å². The van der Waals surface area contributed by atoms with Gasteiger partial charge in [0.05, 0.1) is 17.2 Å². The van der Waals surface area contributed by atoms with Gasteiger partial charge in [0.1, 0.15) is 5.75 Å². The van der Waals surface area contributed by atoms with Crippen molar-refractivity contribution >= 4 is 40.0 Å². The van der Waals surface area contributed by atoms with Crippen LogP contribution in [0.1, 0.15) is 15.9 Å². The number of carbonyl (C=O) groups excluding carboxylic acids is 1. The van der Waals surface area contributed by atoms with Crippen LogP contribution in [0.25, 0.3) is 10.9 Å². The zero-order valence-corrected chi connectivity index (χ0v) is 14.5. The SMILES string of the molecule is COc1ccc2[nH]cc(CCNC(=O)c3ccc(Cl)c(Cl)c3)c2c1. The van der Waals surface area contributed by atoms with Crippen molar-refractivity contribution in [1.29, 1.82) is 0 Å². The molecule has 0 fully saturated rings. The van der Waals surface area contributed by atoms with Crippen molar-refractivity contribution in [1.82, 2.24) is 10.3 Å². The average molecular weight is 363 g/mol. The average Bonchev–Trinajstić information content (AvgIpc) is 2.99. The molecule has 0 aliphatic carbocycles. The van der Waals surface area contributed by atoms with Crippen molar-refractivity contribution in [2.24, 2.45) is 0 Å². The van der Waals surface area contributed by atoms with Gasteiger partial charge in [-0.15, -0.1) is 0 Å². The third-order valence-corrected chi connectivity index (χ3v) is 4.58. The van der Waals surface area contributed by atoms with E-state index in [1.165, 1.54) is 0 Å². The van der Waals surface area contributed by atoms with Gasteiger partial charge in [0.15, 0.2) is 0 Å². The molecular weight excluding hydrogens is 347 g/mol. The number of H-pyrrole nitrogens is 1. The van der Waals surface area contributed by atoms with E-state index in [-0.39, 0.29) is 5.91 Å². The summed E-state index contributed by atoms with van der Waals surface area (Å²) in [6, 6.07) is 10.7. The van der Waals surface area contributed by atoms with Crippen LogP contribution in [0.15, 0.2) is 42.6 Å². The summed E-state index contributed by atoms with van der Waals surface area (Å²) in [5.41, 5.74) is 2.66. The van der Waals surface area contributed by atoms with Crippen molar-refractivity contribution in [3.8, 4) is 5.75 Å². The van der Waals surface area contributed by atoms with Crippen LogP contribution in [-0.2, 0) is 6.42 Å². The number of ether oxygens (including phenoxy) is 1. The zero-order valence-electron chi connectivity index (χ0n) is 13.0. The molecule has 0 bridgehead atoms. The first-order valence-electron chi connectivity index (χ1n) is 7.45. The Hall–Kier alpha value is -2.17. The fourth-order valence-electron chi connectivity index (χ4n) is 2.54. The third-order valence-electron chi connectivity index (χ3n) is 3.84. The summed E-state index contributed by atoms with van der Waals surface area (Å²) in [6.45, 7) is 0.517. The molecule has 0 spiro atoms. The molecule has 6 heteroatoms. The molecule has 0 atom stereocenters. The Kier molecular flexibility index (Phi) is 4.97. The maximum absolute atomic E-state index is 12.2. The maximum atomic E-state index is 12.2. The van der Waals surface area contributed by atoms with Gasteiger partial charge in [-0.2, -0.15) is 0 Å². The van der Waals surface area contributed by atoms with Crippen LogP contribution in [0.4, 0.5) is 0 Å². The minimum atomic E-state index is -0.175. The molecule has 2 N–H and O–H groups in total. The van der Waals surface area contributed by atoms with Crippen molar-refractivity contribution in [3.63, 3.8) is 0 Å². The number of hydrogen-bond donors (Lipinski definition) is 2. The fraction of sp³-hybridized carbons (Fsp3) is 0.167. The lowest BCUT2D eigenvalue weighted by Gasteiger charge is -2.06. The van der Waals surface area contributed by atoms with Crippen molar-refractivity contribution in [2.45, 2.75) is 6.42 Å². The number of carbonyl (C=O) groups is 1. The first-order chi connectivity index (χ1) is 11.6. The number of aromatic amines is 1.